The zero-order valence-corrected chi connectivity index (χ0v) is 9.45. The van der Waals surface area contributed by atoms with E-state index >= 15 is 0 Å². The van der Waals surface area contributed by atoms with E-state index in [2.05, 4.69) is 5.32 Å². The van der Waals surface area contributed by atoms with E-state index in [9.17, 15) is 0 Å². The molecule has 49 valence electrons. The average Bonchev–Trinajstić information content (AvgIpc) is 2.35. The van der Waals surface area contributed by atoms with E-state index in [4.69, 9.17) is 0 Å². The minimum absolute atomic E-state index is 0.955. The van der Waals surface area contributed by atoms with Crippen LogP contribution in [0.2, 0.25) is 3.48 Å². The molecular weight excluding hydrogens is 305 g/mol. The van der Waals surface area contributed by atoms with Crippen LogP contribution in [0.3, 0.4) is 0 Å². The standard InChI is InChI=1S/C7H12N.Pb/c1-2-6-4-5-8-7(6)3-1;/h3,6-8H,1-2,4-5H2;/t6-,7-;/m1./s1. The van der Waals surface area contributed by atoms with E-state index in [-0.39, 0.29) is 0 Å². The van der Waals surface area contributed by atoms with Crippen LogP contribution in [0.5, 0.6) is 0 Å². The van der Waals surface area contributed by atoms with Gasteiger partial charge in [-0.05, 0) is 0 Å². The number of fused-ring (bicyclic) bond motifs is 1. The Morgan fingerprint density at radius 1 is 1.22 bits per heavy atom. The second kappa shape index (κ2) is 2.49. The second-order valence-electron chi connectivity index (χ2n) is 3.21. The molecule has 1 saturated carbocycles. The van der Waals surface area contributed by atoms with Crippen LogP contribution in [-0.4, -0.2) is 38.4 Å². The van der Waals surface area contributed by atoms with Crippen molar-refractivity contribution in [2.45, 2.75) is 28.8 Å². The predicted molar refractivity (Wildman–Crippen MR) is 38.6 cm³/mol. The molecule has 2 heteroatoms. The van der Waals surface area contributed by atoms with Crippen LogP contribution in [0.4, 0.5) is 0 Å². The van der Waals surface area contributed by atoms with Gasteiger partial charge in [-0.25, -0.2) is 0 Å². The Kier molecular flexibility index (Phi) is 1.82. The van der Waals surface area contributed by atoms with Crippen molar-refractivity contribution in [3.8, 4) is 0 Å². The molecule has 0 aromatic carbocycles. The molecule has 2 rings (SSSR count). The van der Waals surface area contributed by atoms with Gasteiger partial charge in [-0.3, -0.25) is 0 Å². The van der Waals surface area contributed by atoms with Crippen LogP contribution in [-0.2, 0) is 0 Å². The molecule has 1 aliphatic heterocycles. The molecule has 3 radical (unpaired) electrons. The summed E-state index contributed by atoms with van der Waals surface area (Å²) in [6.45, 7) is 1.30. The maximum atomic E-state index is 3.60. The molecule has 2 fully saturated rings. The molecule has 1 aliphatic carbocycles. The van der Waals surface area contributed by atoms with E-state index < -0.39 is 0 Å². The van der Waals surface area contributed by atoms with Crippen molar-refractivity contribution in [2.75, 3.05) is 6.54 Å². The van der Waals surface area contributed by atoms with Gasteiger partial charge < -0.3 is 0 Å². The molecule has 9 heavy (non-hydrogen) atoms. The summed E-state index contributed by atoms with van der Waals surface area (Å²) in [5.41, 5.74) is 0. The van der Waals surface area contributed by atoms with E-state index in [1.807, 2.05) is 0 Å². The van der Waals surface area contributed by atoms with E-state index in [0.29, 0.717) is 0 Å². The fourth-order valence-electron chi connectivity index (χ4n) is 2.15. The zero-order valence-electron chi connectivity index (χ0n) is 5.56. The van der Waals surface area contributed by atoms with Gasteiger partial charge in [0.1, 0.15) is 0 Å². The molecule has 1 heterocycles. The van der Waals surface area contributed by atoms with Crippen molar-refractivity contribution in [1.29, 1.82) is 0 Å². The van der Waals surface area contributed by atoms with Crippen LogP contribution in [0.25, 0.3) is 0 Å². The van der Waals surface area contributed by atoms with Gasteiger partial charge >= 0.3 is 72.3 Å². The third-order valence-electron chi connectivity index (χ3n) is 2.68. The SMILES string of the molecule is [Pb][CH]1CC[C@@H]2CCN[C@H]12. The summed E-state index contributed by atoms with van der Waals surface area (Å²) in [6, 6.07) is 0.955. The fraction of sp³-hybridized carbons (Fsp3) is 1.00. The summed E-state index contributed by atoms with van der Waals surface area (Å²) in [7, 11) is 0. The molecular formula is C7H12NPb. The van der Waals surface area contributed by atoms with Crippen LogP contribution in [0.1, 0.15) is 19.3 Å². The van der Waals surface area contributed by atoms with Gasteiger partial charge in [0.2, 0.25) is 0 Å². The molecule has 0 spiro atoms. The van der Waals surface area contributed by atoms with Crippen LogP contribution in [0.15, 0.2) is 0 Å². The van der Waals surface area contributed by atoms with Crippen molar-refractivity contribution < 1.29 is 0 Å². The van der Waals surface area contributed by atoms with Crippen molar-refractivity contribution in [3.05, 3.63) is 0 Å². The van der Waals surface area contributed by atoms with Crippen LogP contribution < -0.4 is 5.32 Å². The Morgan fingerprint density at radius 2 is 2.11 bits per heavy atom. The zero-order chi connectivity index (χ0) is 6.27. The summed E-state index contributed by atoms with van der Waals surface area (Å²) in [5, 5.41) is 3.60. The molecule has 1 N–H and O–H groups in total. The first-order valence-corrected chi connectivity index (χ1v) is 6.07. The average molecular weight is 317 g/mol. The fourth-order valence-corrected chi connectivity index (χ4v) is 4.31. The minimum atomic E-state index is 0.955. The van der Waals surface area contributed by atoms with Crippen molar-refractivity contribution in [3.63, 3.8) is 0 Å². The summed E-state index contributed by atoms with van der Waals surface area (Å²) in [5.74, 6) is 1.08. The van der Waals surface area contributed by atoms with Gasteiger partial charge in [0, 0.05) is 0 Å². The van der Waals surface area contributed by atoms with Crippen molar-refractivity contribution in [2.24, 2.45) is 5.92 Å². The molecule has 1 nitrogen and oxygen atoms in total. The second-order valence-corrected chi connectivity index (χ2v) is 6.10. The molecule has 0 aromatic rings. The van der Waals surface area contributed by atoms with E-state index in [1.54, 1.807) is 0 Å². The Bertz CT molecular complexity index is 115. The Hall–Kier alpha value is 0.882. The van der Waals surface area contributed by atoms with E-state index in [1.165, 1.54) is 51.6 Å². The number of hydrogen-bond acceptors (Lipinski definition) is 1. The summed E-state index contributed by atoms with van der Waals surface area (Å²) >= 11 is 1.41. The number of nitrogens with one attached hydrogen (secondary N) is 1. The first-order valence-electron chi connectivity index (χ1n) is 3.82. The molecule has 0 bridgehead atoms. The van der Waals surface area contributed by atoms with Gasteiger partial charge in [-0.15, -0.1) is 0 Å². The van der Waals surface area contributed by atoms with Crippen LogP contribution >= 0.6 is 0 Å². The Labute approximate surface area is 72.3 Å². The summed E-state index contributed by atoms with van der Waals surface area (Å²) in [4.78, 5) is 0. The third kappa shape index (κ3) is 1.06. The maximum absolute atomic E-state index is 3.60. The number of hydrogen-bond donors (Lipinski definition) is 1. The molecule has 1 saturated heterocycles. The van der Waals surface area contributed by atoms with Crippen LogP contribution in [0, 0.1) is 5.92 Å². The van der Waals surface area contributed by atoms with Crippen molar-refractivity contribution in [1.82, 2.24) is 5.32 Å². The molecule has 3 atom stereocenters. The first-order chi connectivity index (χ1) is 4.38. The Morgan fingerprint density at radius 3 is 2.89 bits per heavy atom. The molecule has 0 aromatic heterocycles. The van der Waals surface area contributed by atoms with Gasteiger partial charge in [0.15, 0.2) is 0 Å². The van der Waals surface area contributed by atoms with Gasteiger partial charge in [0.05, 0.1) is 0 Å². The quantitative estimate of drug-likeness (QED) is 0.649. The Balaban J connectivity index is 2.07. The normalized spacial score (nSPS) is 49.7. The van der Waals surface area contributed by atoms with Gasteiger partial charge in [0.25, 0.3) is 0 Å². The monoisotopic (exact) mass is 318 g/mol. The summed E-state index contributed by atoms with van der Waals surface area (Å²) in [6.07, 6.45) is 4.50. The topological polar surface area (TPSA) is 12.0 Å². The van der Waals surface area contributed by atoms with Gasteiger partial charge in [-0.2, -0.15) is 0 Å². The molecule has 2 aliphatic rings. The number of rotatable bonds is 0. The van der Waals surface area contributed by atoms with Crippen molar-refractivity contribution >= 4 is 25.8 Å². The molecule has 0 amide bonds. The third-order valence-corrected chi connectivity index (χ3v) is 5.20. The predicted octanol–water partition coefficient (Wildman–Crippen LogP) is 0.715. The van der Waals surface area contributed by atoms with Gasteiger partial charge in [-0.1, -0.05) is 0 Å². The molecule has 1 unspecified atom stereocenters. The first kappa shape index (κ1) is 6.58. The summed E-state index contributed by atoms with van der Waals surface area (Å²) < 4.78 is 1.09. The van der Waals surface area contributed by atoms with E-state index in [0.717, 1.165) is 15.4 Å².